The first-order chi connectivity index (χ1) is 10.8. The largest absolute Gasteiger partial charge is 0.413 e. The van der Waals surface area contributed by atoms with Gasteiger partial charge in [-0.3, -0.25) is 0 Å². The van der Waals surface area contributed by atoms with Crippen molar-refractivity contribution in [3.63, 3.8) is 0 Å². The molecule has 0 aliphatic heterocycles. The maximum absolute atomic E-state index is 11.7. The molecule has 10 heteroatoms. The van der Waals surface area contributed by atoms with Gasteiger partial charge in [0.25, 0.3) is 0 Å². The fourth-order valence-electron chi connectivity index (χ4n) is 1.64. The summed E-state index contributed by atoms with van der Waals surface area (Å²) in [7, 11) is -3.49. The van der Waals surface area contributed by atoms with Gasteiger partial charge in [-0.05, 0) is 30.7 Å². The van der Waals surface area contributed by atoms with Gasteiger partial charge < -0.3 is 15.1 Å². The molecule has 0 aliphatic rings. The maximum Gasteiger partial charge on any atom is 0.335 e. The summed E-state index contributed by atoms with van der Waals surface area (Å²) >= 11 is 5.75. The second kappa shape index (κ2) is 7.42. The monoisotopic (exact) mass is 358 g/mol. The minimum absolute atomic E-state index is 0.213. The lowest BCUT2D eigenvalue weighted by Crippen LogP contribution is -2.29. The fraction of sp³-hybridized carbons (Fsp3) is 0.308. The first-order valence-electron chi connectivity index (χ1n) is 6.67. The van der Waals surface area contributed by atoms with E-state index in [-0.39, 0.29) is 11.9 Å². The number of anilines is 1. The number of rotatable bonds is 6. The van der Waals surface area contributed by atoms with Crippen LogP contribution in [0.25, 0.3) is 0 Å². The van der Waals surface area contributed by atoms with Gasteiger partial charge in [0, 0.05) is 29.9 Å². The number of benzene rings is 1. The number of carbonyl (C=O) groups excluding carboxylic acids is 1. The van der Waals surface area contributed by atoms with Crippen LogP contribution in [-0.2, 0) is 16.3 Å². The van der Waals surface area contributed by atoms with Gasteiger partial charge in [0.05, 0.1) is 0 Å². The van der Waals surface area contributed by atoms with Crippen LogP contribution in [0.1, 0.15) is 12.3 Å². The lowest BCUT2D eigenvalue weighted by Gasteiger charge is -2.06. The van der Waals surface area contributed by atoms with Crippen molar-refractivity contribution in [2.45, 2.75) is 18.1 Å². The summed E-state index contributed by atoms with van der Waals surface area (Å²) in [6.45, 7) is 0.371. The van der Waals surface area contributed by atoms with Crippen molar-refractivity contribution in [2.75, 3.05) is 18.1 Å². The van der Waals surface area contributed by atoms with Gasteiger partial charge >= 0.3 is 11.3 Å². The van der Waals surface area contributed by atoms with Crippen LogP contribution >= 0.6 is 11.6 Å². The number of nitrogens with zero attached hydrogens (tertiary/aromatic N) is 2. The molecular formula is C13H15ClN4O4S. The predicted molar refractivity (Wildman–Crippen MR) is 84.2 cm³/mol. The van der Waals surface area contributed by atoms with Crippen molar-refractivity contribution in [2.24, 2.45) is 0 Å². The number of aromatic nitrogens is 2. The molecule has 124 valence electrons. The molecule has 0 bridgehead atoms. The molecule has 23 heavy (non-hydrogen) atoms. The van der Waals surface area contributed by atoms with Gasteiger partial charge in [-0.15, -0.1) is 5.10 Å². The number of hydrogen-bond acceptors (Lipinski definition) is 6. The number of amides is 2. The SMILES string of the molecule is CS(=O)(=O)c1nnc(CCCNC(=O)Nc2ccc(Cl)cc2)o1. The van der Waals surface area contributed by atoms with Crippen LogP contribution in [-0.4, -0.2) is 37.4 Å². The third kappa shape index (κ3) is 5.53. The molecule has 0 spiro atoms. The van der Waals surface area contributed by atoms with E-state index in [4.69, 9.17) is 16.0 Å². The smallest absolute Gasteiger partial charge is 0.335 e. The molecule has 0 unspecified atom stereocenters. The second-order valence-electron chi connectivity index (χ2n) is 4.73. The summed E-state index contributed by atoms with van der Waals surface area (Å²) in [6.07, 6.45) is 1.89. The first kappa shape index (κ1) is 17.2. The van der Waals surface area contributed by atoms with Gasteiger partial charge in [0.15, 0.2) is 0 Å². The van der Waals surface area contributed by atoms with Crippen molar-refractivity contribution in [3.05, 3.63) is 35.2 Å². The van der Waals surface area contributed by atoms with Crippen molar-refractivity contribution < 1.29 is 17.6 Å². The lowest BCUT2D eigenvalue weighted by atomic mass is 10.3. The minimum Gasteiger partial charge on any atom is -0.413 e. The summed E-state index contributed by atoms with van der Waals surface area (Å²) in [4.78, 5) is 11.7. The Balaban J connectivity index is 1.71. The zero-order chi connectivity index (χ0) is 16.9. The Kier molecular flexibility index (Phi) is 5.56. The molecule has 1 heterocycles. The van der Waals surface area contributed by atoms with Gasteiger partial charge in [-0.1, -0.05) is 16.7 Å². The van der Waals surface area contributed by atoms with E-state index >= 15 is 0 Å². The van der Waals surface area contributed by atoms with Crippen LogP contribution in [0.2, 0.25) is 5.02 Å². The van der Waals surface area contributed by atoms with Crippen LogP contribution in [0.3, 0.4) is 0 Å². The van der Waals surface area contributed by atoms with Crippen LogP contribution in [0.4, 0.5) is 10.5 Å². The normalized spacial score (nSPS) is 11.2. The average Bonchev–Trinajstić information content (AvgIpc) is 2.95. The zero-order valence-electron chi connectivity index (χ0n) is 12.2. The van der Waals surface area contributed by atoms with E-state index in [1.807, 2.05) is 0 Å². The number of hydrogen-bond donors (Lipinski definition) is 2. The third-order valence-corrected chi connectivity index (χ3v) is 3.77. The van der Waals surface area contributed by atoms with Crippen molar-refractivity contribution in [1.82, 2.24) is 15.5 Å². The van der Waals surface area contributed by atoms with Crippen LogP contribution < -0.4 is 10.6 Å². The van der Waals surface area contributed by atoms with Gasteiger partial charge in [-0.25, -0.2) is 13.2 Å². The summed E-state index contributed by atoms with van der Waals surface area (Å²) < 4.78 is 27.4. The fourth-order valence-corrected chi connectivity index (χ4v) is 2.20. The Morgan fingerprint density at radius 3 is 2.57 bits per heavy atom. The highest BCUT2D eigenvalue weighted by Crippen LogP contribution is 2.13. The van der Waals surface area contributed by atoms with Gasteiger partial charge in [-0.2, -0.15) is 0 Å². The Morgan fingerprint density at radius 1 is 1.26 bits per heavy atom. The average molecular weight is 359 g/mol. The number of sulfone groups is 1. The summed E-state index contributed by atoms with van der Waals surface area (Å²) in [5.74, 6) is 0.213. The molecule has 0 saturated carbocycles. The van der Waals surface area contributed by atoms with Gasteiger partial charge in [0.2, 0.25) is 15.7 Å². The number of nitrogens with one attached hydrogen (secondary N) is 2. The Labute approximate surface area is 138 Å². The zero-order valence-corrected chi connectivity index (χ0v) is 13.8. The maximum atomic E-state index is 11.7. The summed E-state index contributed by atoms with van der Waals surface area (Å²) in [6, 6.07) is 6.37. The van der Waals surface area contributed by atoms with E-state index < -0.39 is 15.1 Å². The molecule has 2 N–H and O–H groups in total. The molecule has 2 rings (SSSR count). The van der Waals surface area contributed by atoms with Crippen molar-refractivity contribution >= 4 is 33.2 Å². The number of urea groups is 1. The van der Waals surface area contributed by atoms with Crippen molar-refractivity contribution in [3.8, 4) is 0 Å². The quantitative estimate of drug-likeness (QED) is 0.762. The highest BCUT2D eigenvalue weighted by atomic mass is 35.5. The van der Waals surface area contributed by atoms with E-state index in [1.54, 1.807) is 24.3 Å². The molecule has 0 fully saturated rings. The van der Waals surface area contributed by atoms with Crippen LogP contribution in [0, 0.1) is 0 Å². The summed E-state index contributed by atoms with van der Waals surface area (Å²) in [5, 5.41) is 12.6. The van der Waals surface area contributed by atoms with Crippen LogP contribution in [0.5, 0.6) is 0 Å². The Bertz CT molecular complexity index is 774. The molecule has 1 aromatic heterocycles. The molecule has 8 nitrogen and oxygen atoms in total. The second-order valence-corrected chi connectivity index (χ2v) is 7.06. The van der Waals surface area contributed by atoms with E-state index in [0.717, 1.165) is 6.26 Å². The van der Waals surface area contributed by atoms with Crippen molar-refractivity contribution in [1.29, 1.82) is 0 Å². The summed E-state index contributed by atoms with van der Waals surface area (Å²) in [5.41, 5.74) is 0.626. The highest BCUT2D eigenvalue weighted by Gasteiger charge is 2.16. The van der Waals surface area contributed by atoms with Gasteiger partial charge in [0.1, 0.15) is 0 Å². The lowest BCUT2D eigenvalue weighted by molar-refractivity contribution is 0.252. The highest BCUT2D eigenvalue weighted by molar-refractivity contribution is 7.90. The van der Waals surface area contributed by atoms with E-state index in [2.05, 4.69) is 20.8 Å². The van der Waals surface area contributed by atoms with E-state index in [0.29, 0.717) is 30.1 Å². The van der Waals surface area contributed by atoms with Crippen LogP contribution in [0.15, 0.2) is 33.9 Å². The molecule has 2 amide bonds. The third-order valence-electron chi connectivity index (χ3n) is 2.72. The molecular weight excluding hydrogens is 344 g/mol. The van der Waals surface area contributed by atoms with E-state index in [1.165, 1.54) is 0 Å². The molecule has 0 radical (unpaired) electrons. The molecule has 0 atom stereocenters. The van der Waals surface area contributed by atoms with E-state index in [9.17, 15) is 13.2 Å². The molecule has 0 saturated heterocycles. The predicted octanol–water partition coefficient (Wildman–Crippen LogP) is 1.88. The standard InChI is InChI=1S/C13H15ClN4O4S/c1-23(20,21)13-18-17-11(22-13)3-2-8-15-12(19)16-10-6-4-9(14)5-7-10/h4-7H,2-3,8H2,1H3,(H2,15,16,19). The first-order valence-corrected chi connectivity index (χ1v) is 8.94. The molecule has 1 aromatic carbocycles. The number of carbonyl (C=O) groups is 1. The topological polar surface area (TPSA) is 114 Å². The number of halogens is 1. The molecule has 0 aliphatic carbocycles. The number of aryl methyl sites for hydroxylation is 1. The molecule has 2 aromatic rings. The Hall–Kier alpha value is -2.13. The Morgan fingerprint density at radius 2 is 1.96 bits per heavy atom. The minimum atomic E-state index is -3.49.